The van der Waals surface area contributed by atoms with Gasteiger partial charge in [-0.05, 0) is 41.8 Å². The zero-order valence-corrected chi connectivity index (χ0v) is 19.0. The Labute approximate surface area is 192 Å². The number of likely N-dealkylation sites (N-methyl/N-ethyl adjacent to an activating group) is 1. The molecule has 2 aromatic carbocycles. The number of hydrogen-bond donors (Lipinski definition) is 2. The highest BCUT2D eigenvalue weighted by Crippen LogP contribution is 2.27. The van der Waals surface area contributed by atoms with Crippen LogP contribution in [0, 0.1) is 0 Å². The lowest BCUT2D eigenvalue weighted by atomic mass is 10.0. The number of benzene rings is 2. The second-order valence-corrected chi connectivity index (χ2v) is 8.60. The largest absolute Gasteiger partial charge is 0.491 e. The van der Waals surface area contributed by atoms with Gasteiger partial charge < -0.3 is 19.8 Å². The molecule has 0 bridgehead atoms. The van der Waals surface area contributed by atoms with Crippen LogP contribution in [0.4, 0.5) is 0 Å². The van der Waals surface area contributed by atoms with Crippen molar-refractivity contribution < 1.29 is 19.7 Å². The summed E-state index contributed by atoms with van der Waals surface area (Å²) >= 11 is 12.1. The van der Waals surface area contributed by atoms with Crippen LogP contribution in [0.5, 0.6) is 5.75 Å². The SMILES string of the molecule is CN(C(=O)Cc1ccc(Cl)c(Cl)c1)[C@H](CN1CC[C@H](O)C1)c1ccc(OCCO)cc1. The molecule has 1 heterocycles. The van der Waals surface area contributed by atoms with E-state index in [0.29, 0.717) is 28.9 Å². The Kier molecular flexibility index (Phi) is 8.58. The van der Waals surface area contributed by atoms with Crippen LogP contribution in [0.15, 0.2) is 42.5 Å². The van der Waals surface area contributed by atoms with Crippen molar-refractivity contribution in [2.24, 2.45) is 0 Å². The molecule has 0 spiro atoms. The van der Waals surface area contributed by atoms with Gasteiger partial charge in [-0.2, -0.15) is 0 Å². The van der Waals surface area contributed by atoms with E-state index >= 15 is 0 Å². The predicted molar refractivity (Wildman–Crippen MR) is 122 cm³/mol. The number of ether oxygens (including phenoxy) is 1. The van der Waals surface area contributed by atoms with Gasteiger partial charge in [0, 0.05) is 26.7 Å². The first-order valence-corrected chi connectivity index (χ1v) is 11.1. The molecule has 0 saturated carbocycles. The van der Waals surface area contributed by atoms with Crippen molar-refractivity contribution in [1.29, 1.82) is 0 Å². The van der Waals surface area contributed by atoms with Crippen LogP contribution in [0.1, 0.15) is 23.6 Å². The Morgan fingerprint density at radius 2 is 1.97 bits per heavy atom. The number of aliphatic hydroxyl groups excluding tert-OH is 2. The average molecular weight is 467 g/mol. The average Bonchev–Trinajstić information content (AvgIpc) is 3.18. The summed E-state index contributed by atoms with van der Waals surface area (Å²) in [4.78, 5) is 17.0. The normalized spacial score (nSPS) is 17.5. The molecule has 6 nitrogen and oxygen atoms in total. The topological polar surface area (TPSA) is 73.2 Å². The Morgan fingerprint density at radius 3 is 2.58 bits per heavy atom. The van der Waals surface area contributed by atoms with Crippen LogP contribution < -0.4 is 4.74 Å². The summed E-state index contributed by atoms with van der Waals surface area (Å²) in [5.74, 6) is 0.627. The summed E-state index contributed by atoms with van der Waals surface area (Å²) in [5.41, 5.74) is 1.78. The van der Waals surface area contributed by atoms with Gasteiger partial charge in [-0.15, -0.1) is 0 Å². The van der Waals surface area contributed by atoms with E-state index in [1.165, 1.54) is 0 Å². The standard InChI is InChI=1S/C23H28Cl2N2O4/c1-26(23(30)13-16-2-7-20(24)21(25)12-16)22(15-27-9-8-18(29)14-27)17-3-5-19(6-4-17)31-11-10-28/h2-7,12,18,22,28-29H,8-11,13-15H2,1H3/t18-,22+/m0/s1. The molecule has 2 N–H and O–H groups in total. The number of nitrogens with zero attached hydrogens (tertiary/aromatic N) is 2. The van der Waals surface area contributed by atoms with Gasteiger partial charge >= 0.3 is 0 Å². The Balaban J connectivity index is 1.77. The minimum Gasteiger partial charge on any atom is -0.491 e. The molecule has 31 heavy (non-hydrogen) atoms. The summed E-state index contributed by atoms with van der Waals surface area (Å²) in [6.07, 6.45) is 0.623. The monoisotopic (exact) mass is 466 g/mol. The molecule has 1 aliphatic heterocycles. The number of β-amino-alcohol motifs (C(OH)–C–C–N with tert-alkyl or cyclic N) is 1. The van der Waals surface area contributed by atoms with Crippen molar-refractivity contribution in [3.63, 3.8) is 0 Å². The van der Waals surface area contributed by atoms with Crippen molar-refractivity contribution in [2.75, 3.05) is 39.9 Å². The number of carbonyl (C=O) groups excluding carboxylic acids is 1. The summed E-state index contributed by atoms with van der Waals surface area (Å²) in [5, 5.41) is 19.7. The lowest BCUT2D eigenvalue weighted by molar-refractivity contribution is -0.131. The second-order valence-electron chi connectivity index (χ2n) is 7.79. The number of likely N-dealkylation sites (tertiary alicyclic amines) is 1. The van der Waals surface area contributed by atoms with E-state index in [1.807, 2.05) is 24.3 Å². The number of halogens is 2. The highest BCUT2D eigenvalue weighted by atomic mass is 35.5. The molecule has 0 unspecified atom stereocenters. The van der Waals surface area contributed by atoms with Crippen molar-refractivity contribution >= 4 is 29.1 Å². The van der Waals surface area contributed by atoms with Gasteiger partial charge in [0.2, 0.25) is 5.91 Å². The van der Waals surface area contributed by atoms with E-state index in [0.717, 1.165) is 24.1 Å². The maximum atomic E-state index is 13.1. The third-order valence-electron chi connectivity index (χ3n) is 5.50. The fraction of sp³-hybridized carbons (Fsp3) is 0.435. The van der Waals surface area contributed by atoms with Crippen molar-refractivity contribution in [3.8, 4) is 5.75 Å². The van der Waals surface area contributed by atoms with Gasteiger partial charge in [0.15, 0.2) is 0 Å². The predicted octanol–water partition coefficient (Wildman–Crippen LogP) is 3.17. The van der Waals surface area contributed by atoms with Crippen LogP contribution in [-0.2, 0) is 11.2 Å². The smallest absolute Gasteiger partial charge is 0.227 e. The molecule has 0 aliphatic carbocycles. The van der Waals surface area contributed by atoms with Crippen molar-refractivity contribution in [2.45, 2.75) is 25.0 Å². The number of rotatable bonds is 9. The molecule has 1 fully saturated rings. The lowest BCUT2D eigenvalue weighted by Crippen LogP contribution is -2.39. The molecule has 3 rings (SSSR count). The molecular weight excluding hydrogens is 439 g/mol. The summed E-state index contributed by atoms with van der Waals surface area (Å²) in [6, 6.07) is 12.6. The molecule has 2 aromatic rings. The summed E-state index contributed by atoms with van der Waals surface area (Å²) in [6.45, 7) is 2.20. The molecule has 0 aromatic heterocycles. The van der Waals surface area contributed by atoms with Gasteiger partial charge in [-0.3, -0.25) is 9.69 Å². The minimum atomic E-state index is -0.327. The molecule has 8 heteroatoms. The third kappa shape index (κ3) is 6.57. The van der Waals surface area contributed by atoms with Crippen LogP contribution >= 0.6 is 23.2 Å². The van der Waals surface area contributed by atoms with E-state index in [4.69, 9.17) is 33.0 Å². The Morgan fingerprint density at radius 1 is 1.23 bits per heavy atom. The third-order valence-corrected chi connectivity index (χ3v) is 6.24. The van der Waals surface area contributed by atoms with Crippen LogP contribution in [0.25, 0.3) is 0 Å². The van der Waals surface area contributed by atoms with Crippen LogP contribution in [0.3, 0.4) is 0 Å². The number of carbonyl (C=O) groups is 1. The zero-order valence-electron chi connectivity index (χ0n) is 17.5. The summed E-state index contributed by atoms with van der Waals surface area (Å²) < 4.78 is 5.45. The quantitative estimate of drug-likeness (QED) is 0.593. The second kappa shape index (κ2) is 11.2. The minimum absolute atomic E-state index is 0.0382. The Bertz CT molecular complexity index is 878. The van der Waals surface area contributed by atoms with E-state index in [1.54, 1.807) is 30.1 Å². The van der Waals surface area contributed by atoms with E-state index in [-0.39, 0.29) is 37.7 Å². The van der Waals surface area contributed by atoms with Gasteiger partial charge in [0.05, 0.1) is 35.2 Å². The van der Waals surface area contributed by atoms with Gasteiger partial charge in [0.25, 0.3) is 0 Å². The summed E-state index contributed by atoms with van der Waals surface area (Å²) in [7, 11) is 1.80. The molecule has 1 aliphatic rings. The molecule has 1 amide bonds. The first kappa shape index (κ1) is 23.8. The maximum Gasteiger partial charge on any atom is 0.227 e. The van der Waals surface area contributed by atoms with Crippen LogP contribution in [-0.4, -0.2) is 71.9 Å². The number of aliphatic hydroxyl groups is 2. The molecular formula is C23H28Cl2N2O4. The van der Waals surface area contributed by atoms with E-state index in [2.05, 4.69) is 4.90 Å². The Hall–Kier alpha value is -1.83. The maximum absolute atomic E-state index is 13.1. The van der Waals surface area contributed by atoms with Crippen LogP contribution in [0.2, 0.25) is 10.0 Å². The van der Waals surface area contributed by atoms with Crippen molar-refractivity contribution in [3.05, 3.63) is 63.6 Å². The fourth-order valence-corrected chi connectivity index (χ4v) is 4.07. The van der Waals surface area contributed by atoms with E-state index < -0.39 is 0 Å². The molecule has 168 valence electrons. The number of amides is 1. The number of hydrogen-bond acceptors (Lipinski definition) is 5. The first-order chi connectivity index (χ1) is 14.9. The lowest BCUT2D eigenvalue weighted by Gasteiger charge is -2.32. The fourth-order valence-electron chi connectivity index (χ4n) is 3.75. The van der Waals surface area contributed by atoms with E-state index in [9.17, 15) is 9.90 Å². The zero-order chi connectivity index (χ0) is 22.4. The molecule has 0 radical (unpaired) electrons. The van der Waals surface area contributed by atoms with Crippen molar-refractivity contribution in [1.82, 2.24) is 9.80 Å². The highest BCUT2D eigenvalue weighted by molar-refractivity contribution is 6.42. The molecule has 2 atom stereocenters. The van der Waals surface area contributed by atoms with Gasteiger partial charge in [-0.1, -0.05) is 41.4 Å². The van der Waals surface area contributed by atoms with Gasteiger partial charge in [0.1, 0.15) is 12.4 Å². The van der Waals surface area contributed by atoms with Gasteiger partial charge in [-0.25, -0.2) is 0 Å². The first-order valence-electron chi connectivity index (χ1n) is 10.3. The highest BCUT2D eigenvalue weighted by Gasteiger charge is 2.28. The molecule has 1 saturated heterocycles.